The van der Waals surface area contributed by atoms with Crippen LogP contribution in [0.3, 0.4) is 0 Å². The van der Waals surface area contributed by atoms with Crippen molar-refractivity contribution in [2.45, 2.75) is 59.0 Å². The van der Waals surface area contributed by atoms with E-state index in [-0.39, 0.29) is 35.1 Å². The largest absolute Gasteiger partial charge is 0.396 e. The van der Waals surface area contributed by atoms with Crippen molar-refractivity contribution in [1.29, 1.82) is 0 Å². The first-order valence-electron chi connectivity index (χ1n) is 8.84. The Kier molecular flexibility index (Phi) is 3.89. The molecule has 0 heterocycles. The fraction of sp³-hybridized carbons (Fsp3) is 0.750. The highest BCUT2D eigenvalue weighted by Gasteiger charge is 2.59. The minimum Gasteiger partial charge on any atom is -0.396 e. The van der Waals surface area contributed by atoms with Gasteiger partial charge in [-0.2, -0.15) is 0 Å². The SMILES string of the molecule is C=C[C@@]1(C)C=C2C(CC1)[C@]1(C)CC(=O)C[C@](C)(CO)C1C[C@@H]2O. The molecular weight excluding hydrogens is 288 g/mol. The monoisotopic (exact) mass is 318 g/mol. The molecule has 2 saturated carbocycles. The van der Waals surface area contributed by atoms with Crippen LogP contribution in [0.1, 0.15) is 52.9 Å². The number of fused-ring (bicyclic) bond motifs is 3. The normalized spacial score (nSPS) is 49.9. The molecule has 3 nitrogen and oxygen atoms in total. The molecule has 6 atom stereocenters. The number of rotatable bonds is 2. The number of carbonyl (C=O) groups is 1. The standard InChI is InChI=1S/C20H30O3/c1-5-18(2)7-6-15-14(11-18)16(23)8-17-19(3,12-21)9-13(22)10-20(15,17)4/h5,11,15-17,21,23H,1,6-10,12H2,2-4H3/t15?,16-,17?,18+,19+,20-/m0/s1. The van der Waals surface area contributed by atoms with Crippen LogP contribution in [0.2, 0.25) is 0 Å². The van der Waals surface area contributed by atoms with Gasteiger partial charge in [-0.1, -0.05) is 32.9 Å². The lowest BCUT2D eigenvalue weighted by Gasteiger charge is -2.60. The molecule has 3 heteroatoms. The fourth-order valence-electron chi connectivity index (χ4n) is 5.80. The smallest absolute Gasteiger partial charge is 0.134 e. The molecule has 2 N–H and O–H groups in total. The summed E-state index contributed by atoms with van der Waals surface area (Å²) >= 11 is 0. The van der Waals surface area contributed by atoms with Crippen LogP contribution in [0.5, 0.6) is 0 Å². The van der Waals surface area contributed by atoms with Gasteiger partial charge in [0.05, 0.1) is 6.10 Å². The Bertz CT molecular complexity index is 565. The molecule has 128 valence electrons. The van der Waals surface area contributed by atoms with Gasteiger partial charge in [0, 0.05) is 30.3 Å². The number of carbonyl (C=O) groups excluding carboxylic acids is 1. The number of hydrogen-bond acceptors (Lipinski definition) is 3. The van der Waals surface area contributed by atoms with Gasteiger partial charge in [0.2, 0.25) is 0 Å². The van der Waals surface area contributed by atoms with Crippen LogP contribution >= 0.6 is 0 Å². The van der Waals surface area contributed by atoms with Crippen molar-refractivity contribution in [2.75, 3.05) is 6.61 Å². The van der Waals surface area contributed by atoms with E-state index in [1.54, 1.807) is 0 Å². The van der Waals surface area contributed by atoms with Gasteiger partial charge in [-0.15, -0.1) is 6.58 Å². The second-order valence-corrected chi connectivity index (χ2v) is 8.96. The molecule has 3 aliphatic rings. The summed E-state index contributed by atoms with van der Waals surface area (Å²) in [6.07, 6.45) is 7.36. The Labute approximate surface area is 139 Å². The molecule has 0 amide bonds. The van der Waals surface area contributed by atoms with Gasteiger partial charge in [0.25, 0.3) is 0 Å². The number of aliphatic hydroxyl groups excluding tert-OH is 2. The maximum absolute atomic E-state index is 12.4. The summed E-state index contributed by atoms with van der Waals surface area (Å²) in [6, 6.07) is 0. The Hall–Kier alpha value is -0.930. The maximum atomic E-state index is 12.4. The third-order valence-corrected chi connectivity index (χ3v) is 7.15. The van der Waals surface area contributed by atoms with E-state index >= 15 is 0 Å². The zero-order valence-electron chi connectivity index (χ0n) is 14.6. The molecule has 0 radical (unpaired) electrons. The van der Waals surface area contributed by atoms with E-state index in [1.807, 2.05) is 13.0 Å². The quantitative estimate of drug-likeness (QED) is 0.768. The lowest BCUT2D eigenvalue weighted by atomic mass is 9.44. The van der Waals surface area contributed by atoms with E-state index in [9.17, 15) is 15.0 Å². The second kappa shape index (κ2) is 5.29. The van der Waals surface area contributed by atoms with E-state index < -0.39 is 11.5 Å². The van der Waals surface area contributed by atoms with Gasteiger partial charge < -0.3 is 10.2 Å². The number of ketones is 1. The summed E-state index contributed by atoms with van der Waals surface area (Å²) in [5.41, 5.74) is 0.484. The Morgan fingerprint density at radius 1 is 1.35 bits per heavy atom. The van der Waals surface area contributed by atoms with Crippen molar-refractivity contribution in [3.05, 3.63) is 24.3 Å². The summed E-state index contributed by atoms with van der Waals surface area (Å²) in [6.45, 7) is 10.4. The molecule has 0 aliphatic heterocycles. The minimum atomic E-state index is -0.461. The molecule has 2 unspecified atom stereocenters. The summed E-state index contributed by atoms with van der Waals surface area (Å²) in [5, 5.41) is 20.8. The lowest BCUT2D eigenvalue weighted by Crippen LogP contribution is -2.57. The predicted octanol–water partition coefficient (Wildman–Crippen LogP) is 3.26. The van der Waals surface area contributed by atoms with Crippen molar-refractivity contribution in [1.82, 2.24) is 0 Å². The van der Waals surface area contributed by atoms with Gasteiger partial charge in [-0.05, 0) is 42.1 Å². The average molecular weight is 318 g/mol. The predicted molar refractivity (Wildman–Crippen MR) is 90.8 cm³/mol. The van der Waals surface area contributed by atoms with Crippen molar-refractivity contribution in [3.8, 4) is 0 Å². The van der Waals surface area contributed by atoms with E-state index in [2.05, 4.69) is 26.5 Å². The Morgan fingerprint density at radius 3 is 2.65 bits per heavy atom. The van der Waals surface area contributed by atoms with E-state index in [0.29, 0.717) is 19.3 Å². The van der Waals surface area contributed by atoms with Crippen LogP contribution in [0.4, 0.5) is 0 Å². The minimum absolute atomic E-state index is 0.0157. The third-order valence-electron chi connectivity index (χ3n) is 7.15. The molecule has 3 aliphatic carbocycles. The van der Waals surface area contributed by atoms with Crippen molar-refractivity contribution in [3.63, 3.8) is 0 Å². The van der Waals surface area contributed by atoms with Crippen LogP contribution in [0, 0.1) is 28.1 Å². The topological polar surface area (TPSA) is 57.5 Å². The Balaban J connectivity index is 2.07. The first kappa shape index (κ1) is 16.9. The zero-order chi connectivity index (χ0) is 17.0. The number of allylic oxidation sites excluding steroid dienone is 2. The molecule has 0 saturated heterocycles. The fourth-order valence-corrected chi connectivity index (χ4v) is 5.80. The molecule has 23 heavy (non-hydrogen) atoms. The second-order valence-electron chi connectivity index (χ2n) is 8.96. The average Bonchev–Trinajstić information content (AvgIpc) is 2.49. The summed E-state index contributed by atoms with van der Waals surface area (Å²) in [5.74, 6) is 0.676. The molecule has 3 rings (SSSR count). The lowest BCUT2D eigenvalue weighted by molar-refractivity contribution is -0.150. The van der Waals surface area contributed by atoms with Gasteiger partial charge in [-0.3, -0.25) is 4.79 Å². The van der Waals surface area contributed by atoms with Crippen molar-refractivity contribution < 1.29 is 15.0 Å². The number of hydrogen-bond donors (Lipinski definition) is 2. The molecule has 0 aromatic rings. The number of Topliss-reactive ketones (excluding diaryl/α,β-unsaturated/α-hetero) is 1. The van der Waals surface area contributed by atoms with E-state index in [4.69, 9.17) is 0 Å². The highest BCUT2D eigenvalue weighted by atomic mass is 16.3. The van der Waals surface area contributed by atoms with Crippen molar-refractivity contribution >= 4 is 5.78 Å². The first-order chi connectivity index (χ1) is 10.7. The van der Waals surface area contributed by atoms with Gasteiger partial charge in [0.1, 0.15) is 5.78 Å². The van der Waals surface area contributed by atoms with Crippen molar-refractivity contribution in [2.24, 2.45) is 28.1 Å². The van der Waals surface area contributed by atoms with Gasteiger partial charge in [0.15, 0.2) is 0 Å². The highest BCUT2D eigenvalue weighted by molar-refractivity contribution is 5.81. The van der Waals surface area contributed by atoms with E-state index in [0.717, 1.165) is 18.4 Å². The van der Waals surface area contributed by atoms with Crippen LogP contribution in [-0.4, -0.2) is 28.7 Å². The van der Waals surface area contributed by atoms with Crippen LogP contribution in [-0.2, 0) is 4.79 Å². The summed E-state index contributed by atoms with van der Waals surface area (Å²) < 4.78 is 0. The molecule has 0 bridgehead atoms. The maximum Gasteiger partial charge on any atom is 0.134 e. The summed E-state index contributed by atoms with van der Waals surface area (Å²) in [7, 11) is 0. The molecule has 0 aromatic heterocycles. The number of aliphatic hydroxyl groups is 2. The first-order valence-corrected chi connectivity index (χ1v) is 8.84. The highest BCUT2D eigenvalue weighted by Crippen LogP contribution is 2.63. The van der Waals surface area contributed by atoms with Crippen LogP contribution in [0.15, 0.2) is 24.3 Å². The molecular formula is C20H30O3. The van der Waals surface area contributed by atoms with Crippen LogP contribution < -0.4 is 0 Å². The zero-order valence-corrected chi connectivity index (χ0v) is 14.6. The molecule has 0 spiro atoms. The summed E-state index contributed by atoms with van der Waals surface area (Å²) in [4.78, 5) is 12.4. The van der Waals surface area contributed by atoms with Gasteiger partial charge in [-0.25, -0.2) is 0 Å². The molecule has 0 aromatic carbocycles. The third kappa shape index (κ3) is 2.44. The Morgan fingerprint density at radius 2 is 2.04 bits per heavy atom. The van der Waals surface area contributed by atoms with Crippen LogP contribution in [0.25, 0.3) is 0 Å². The van der Waals surface area contributed by atoms with E-state index in [1.165, 1.54) is 0 Å². The van der Waals surface area contributed by atoms with Gasteiger partial charge >= 0.3 is 0 Å². The molecule has 2 fully saturated rings.